The van der Waals surface area contributed by atoms with E-state index >= 15 is 0 Å². The van der Waals surface area contributed by atoms with Crippen LogP contribution in [0.2, 0.25) is 0 Å². The van der Waals surface area contributed by atoms with E-state index in [0.717, 1.165) is 50.6 Å². The summed E-state index contributed by atoms with van der Waals surface area (Å²) in [4.78, 5) is 22.9. The fourth-order valence-corrected chi connectivity index (χ4v) is 5.46. The molecule has 0 N–H and O–H groups in total. The van der Waals surface area contributed by atoms with Crippen LogP contribution in [0.15, 0.2) is 29.3 Å². The first-order chi connectivity index (χ1) is 13.1. The van der Waals surface area contributed by atoms with E-state index in [9.17, 15) is 4.79 Å². The molecule has 1 amide bonds. The molecule has 2 saturated carbocycles. The van der Waals surface area contributed by atoms with Crippen molar-refractivity contribution < 1.29 is 9.53 Å². The summed E-state index contributed by atoms with van der Waals surface area (Å²) in [6.07, 6.45) is 4.61. The molecule has 0 unspecified atom stereocenters. The van der Waals surface area contributed by atoms with Crippen molar-refractivity contribution in [3.63, 3.8) is 0 Å². The Balaban J connectivity index is 1.30. The number of amidine groups is 1. The van der Waals surface area contributed by atoms with Crippen molar-refractivity contribution in [3.8, 4) is 5.75 Å². The quantitative estimate of drug-likeness (QED) is 0.804. The summed E-state index contributed by atoms with van der Waals surface area (Å²) in [6.45, 7) is 5.93. The van der Waals surface area contributed by atoms with E-state index in [0.29, 0.717) is 23.7 Å². The maximum Gasteiger partial charge on any atom is 0.256 e. The van der Waals surface area contributed by atoms with Gasteiger partial charge in [0.15, 0.2) is 0 Å². The molecular weight excluding hydrogens is 338 g/mol. The molecule has 4 aliphatic rings. The van der Waals surface area contributed by atoms with Crippen molar-refractivity contribution in [2.75, 3.05) is 26.7 Å². The van der Waals surface area contributed by atoms with Crippen LogP contribution in [-0.4, -0.2) is 53.8 Å². The van der Waals surface area contributed by atoms with Gasteiger partial charge in [0.2, 0.25) is 0 Å². The largest absolute Gasteiger partial charge is 0.497 e. The van der Waals surface area contributed by atoms with E-state index in [-0.39, 0.29) is 0 Å². The summed E-state index contributed by atoms with van der Waals surface area (Å²) >= 11 is 0. The third kappa shape index (κ3) is 2.87. The monoisotopic (exact) mass is 367 g/mol. The number of likely N-dealkylation sites (tertiary alicyclic amines) is 1. The first-order valence-corrected chi connectivity index (χ1v) is 10.3. The topological polar surface area (TPSA) is 45.1 Å². The Morgan fingerprint density at radius 1 is 1.19 bits per heavy atom. The Morgan fingerprint density at radius 2 is 1.96 bits per heavy atom. The molecule has 1 aromatic rings. The third-order valence-corrected chi connectivity index (χ3v) is 7.10. The molecule has 27 heavy (non-hydrogen) atoms. The first-order valence-electron chi connectivity index (χ1n) is 10.3. The Labute approximate surface area is 161 Å². The van der Waals surface area contributed by atoms with Gasteiger partial charge in [-0.15, -0.1) is 0 Å². The zero-order chi connectivity index (χ0) is 18.6. The number of carbonyl (C=O) groups is 1. The average Bonchev–Trinajstić information content (AvgIpc) is 3.24. The number of hydrogen-bond acceptors (Lipinski definition) is 4. The van der Waals surface area contributed by atoms with Gasteiger partial charge in [-0.2, -0.15) is 0 Å². The van der Waals surface area contributed by atoms with Gasteiger partial charge in [0.1, 0.15) is 17.1 Å². The molecular formula is C22H29N3O2. The van der Waals surface area contributed by atoms with Gasteiger partial charge in [-0.3, -0.25) is 19.6 Å². The second-order valence-electron chi connectivity index (χ2n) is 8.89. The number of methoxy groups -OCH3 is 1. The summed E-state index contributed by atoms with van der Waals surface area (Å²) in [6, 6.07) is 8.33. The third-order valence-electron chi connectivity index (χ3n) is 7.10. The highest BCUT2D eigenvalue weighted by molar-refractivity contribution is 6.07. The van der Waals surface area contributed by atoms with E-state index in [2.05, 4.69) is 17.0 Å². The highest BCUT2D eigenvalue weighted by Gasteiger charge is 2.60. The van der Waals surface area contributed by atoms with Crippen LogP contribution in [0.1, 0.15) is 38.2 Å². The normalized spacial score (nSPS) is 33.0. The van der Waals surface area contributed by atoms with Crippen molar-refractivity contribution in [1.29, 1.82) is 0 Å². The number of fused-ring (bicyclic) bond motifs is 2. The van der Waals surface area contributed by atoms with Gasteiger partial charge in [-0.1, -0.05) is 12.1 Å². The standard InChI is InChI=1S/C22H29N3O2/c1-15-23-22(21(26)25(15)12-17-3-4-17)10-9-18-13-24(14-20(18)22)11-16-5-7-19(27-2)8-6-16/h5-8,17-18,20H,3-4,9-14H2,1-2H3/t18-,20+,22-/m1/s1. The van der Waals surface area contributed by atoms with Crippen molar-refractivity contribution in [2.24, 2.45) is 22.7 Å². The first kappa shape index (κ1) is 17.2. The van der Waals surface area contributed by atoms with Crippen molar-refractivity contribution >= 4 is 11.7 Å². The smallest absolute Gasteiger partial charge is 0.256 e. The molecule has 3 fully saturated rings. The lowest BCUT2D eigenvalue weighted by atomic mass is 9.85. The maximum absolute atomic E-state index is 13.4. The van der Waals surface area contributed by atoms with Gasteiger partial charge < -0.3 is 4.74 Å². The molecule has 2 heterocycles. The molecule has 5 rings (SSSR count). The molecule has 2 aliphatic heterocycles. The summed E-state index contributed by atoms with van der Waals surface area (Å²) < 4.78 is 5.26. The Kier molecular flexibility index (Phi) is 4.04. The molecule has 1 saturated heterocycles. The summed E-state index contributed by atoms with van der Waals surface area (Å²) in [5.74, 6) is 3.84. The van der Waals surface area contributed by atoms with Gasteiger partial charge in [0, 0.05) is 32.1 Å². The minimum absolute atomic E-state index is 0.297. The van der Waals surface area contributed by atoms with Crippen molar-refractivity contribution in [2.45, 2.75) is 44.7 Å². The number of nitrogens with zero attached hydrogens (tertiary/aromatic N) is 3. The van der Waals surface area contributed by atoms with E-state index < -0.39 is 5.54 Å². The maximum atomic E-state index is 13.4. The van der Waals surface area contributed by atoms with Crippen LogP contribution >= 0.6 is 0 Å². The number of ether oxygens (including phenoxy) is 1. The van der Waals surface area contributed by atoms with Gasteiger partial charge in [-0.05, 0) is 62.1 Å². The molecule has 0 aromatic heterocycles. The second kappa shape index (κ2) is 6.33. The number of hydrogen-bond donors (Lipinski definition) is 0. The van der Waals surface area contributed by atoms with Crippen LogP contribution in [0.25, 0.3) is 0 Å². The van der Waals surface area contributed by atoms with Crippen molar-refractivity contribution in [3.05, 3.63) is 29.8 Å². The van der Waals surface area contributed by atoms with Gasteiger partial charge in [0.25, 0.3) is 5.91 Å². The molecule has 1 aromatic carbocycles. The molecule has 144 valence electrons. The summed E-state index contributed by atoms with van der Waals surface area (Å²) in [5.41, 5.74) is 0.843. The fourth-order valence-electron chi connectivity index (χ4n) is 5.46. The van der Waals surface area contributed by atoms with Crippen LogP contribution in [0.3, 0.4) is 0 Å². The van der Waals surface area contributed by atoms with Crippen LogP contribution in [0.4, 0.5) is 0 Å². The highest BCUT2D eigenvalue weighted by atomic mass is 16.5. The van der Waals surface area contributed by atoms with Crippen LogP contribution in [0, 0.1) is 17.8 Å². The SMILES string of the molecule is COc1ccc(CN2C[C@H]3CC[C@@]4(N=C(C)N(CC5CC5)C4=O)[C@H]3C2)cc1. The van der Waals surface area contributed by atoms with E-state index in [1.165, 1.54) is 18.4 Å². The summed E-state index contributed by atoms with van der Waals surface area (Å²) in [5, 5.41) is 0. The van der Waals surface area contributed by atoms with E-state index in [4.69, 9.17) is 9.73 Å². The predicted molar refractivity (Wildman–Crippen MR) is 105 cm³/mol. The predicted octanol–water partition coefficient (Wildman–Crippen LogP) is 2.95. The molecule has 0 radical (unpaired) electrons. The van der Waals surface area contributed by atoms with Crippen LogP contribution < -0.4 is 4.74 Å². The van der Waals surface area contributed by atoms with Crippen molar-refractivity contribution in [1.82, 2.24) is 9.80 Å². The Hall–Kier alpha value is -1.88. The molecule has 0 bridgehead atoms. The number of aliphatic imine (C=N–C) groups is 1. The van der Waals surface area contributed by atoms with Gasteiger partial charge in [0.05, 0.1) is 7.11 Å². The van der Waals surface area contributed by atoms with Crippen LogP contribution in [-0.2, 0) is 11.3 Å². The molecule has 3 atom stereocenters. The average molecular weight is 367 g/mol. The minimum Gasteiger partial charge on any atom is -0.497 e. The minimum atomic E-state index is -0.460. The Bertz CT molecular complexity index is 770. The van der Waals surface area contributed by atoms with E-state index in [1.807, 2.05) is 24.0 Å². The second-order valence-corrected chi connectivity index (χ2v) is 8.89. The van der Waals surface area contributed by atoms with Gasteiger partial charge >= 0.3 is 0 Å². The number of rotatable bonds is 5. The molecule has 1 spiro atoms. The number of amides is 1. The zero-order valence-electron chi connectivity index (χ0n) is 16.4. The molecule has 2 aliphatic carbocycles. The Morgan fingerprint density at radius 3 is 2.67 bits per heavy atom. The van der Waals surface area contributed by atoms with Gasteiger partial charge in [-0.25, -0.2) is 0 Å². The number of carbonyl (C=O) groups excluding carboxylic acids is 1. The lowest BCUT2D eigenvalue weighted by Crippen LogP contribution is -2.47. The number of benzene rings is 1. The molecule has 5 heteroatoms. The highest BCUT2D eigenvalue weighted by Crippen LogP contribution is 2.50. The summed E-state index contributed by atoms with van der Waals surface area (Å²) in [7, 11) is 1.70. The lowest BCUT2D eigenvalue weighted by molar-refractivity contribution is -0.132. The fraction of sp³-hybridized carbons (Fsp3) is 0.636. The lowest BCUT2D eigenvalue weighted by Gasteiger charge is -2.28. The van der Waals surface area contributed by atoms with Crippen LogP contribution in [0.5, 0.6) is 5.75 Å². The van der Waals surface area contributed by atoms with E-state index in [1.54, 1.807) is 7.11 Å². The molecule has 5 nitrogen and oxygen atoms in total. The zero-order valence-corrected chi connectivity index (χ0v) is 16.4.